The normalized spacial score (nSPS) is 33.3. The van der Waals surface area contributed by atoms with Crippen LogP contribution < -0.4 is 11.5 Å². The van der Waals surface area contributed by atoms with E-state index in [2.05, 4.69) is 12.1 Å². The lowest BCUT2D eigenvalue weighted by Crippen LogP contribution is -2.58. The van der Waals surface area contributed by atoms with Gasteiger partial charge in [0.2, 0.25) is 5.91 Å². The quantitative estimate of drug-likeness (QED) is 0.517. The zero-order valence-electron chi connectivity index (χ0n) is 17.9. The zero-order valence-corrected chi connectivity index (χ0v) is 17.9. The molecule has 0 heterocycles. The second-order valence-electron chi connectivity index (χ2n) is 9.74. The molecule has 4 aliphatic carbocycles. The van der Waals surface area contributed by atoms with E-state index in [1.165, 1.54) is 0 Å². The summed E-state index contributed by atoms with van der Waals surface area (Å²) in [6.45, 7) is 1.95. The van der Waals surface area contributed by atoms with E-state index in [4.69, 9.17) is 21.2 Å². The number of nitriles is 2. The lowest BCUT2D eigenvalue weighted by molar-refractivity contribution is -0.144. The first-order valence-corrected chi connectivity index (χ1v) is 10.9. The number of primary amides is 1. The highest BCUT2D eigenvalue weighted by atomic mass is 16.5. The third-order valence-corrected chi connectivity index (χ3v) is 7.68. The fraction of sp³-hybridized carbons (Fsp3) is 0.583. The van der Waals surface area contributed by atoms with Crippen LogP contribution >= 0.6 is 0 Å². The smallest absolute Gasteiger partial charge is 0.223 e. The van der Waals surface area contributed by atoms with Gasteiger partial charge in [0.15, 0.2) is 0 Å². The maximum Gasteiger partial charge on any atom is 0.223 e. The highest BCUT2D eigenvalue weighted by Gasteiger charge is 2.58. The highest BCUT2D eigenvalue weighted by Crippen LogP contribution is 2.60. The van der Waals surface area contributed by atoms with Gasteiger partial charge in [0.25, 0.3) is 0 Å². The first-order chi connectivity index (χ1) is 14.8. The molecule has 4 fully saturated rings. The van der Waals surface area contributed by atoms with Crippen LogP contribution in [0, 0.1) is 45.8 Å². The summed E-state index contributed by atoms with van der Waals surface area (Å²) in [5.41, 5.74) is 12.1. The summed E-state index contributed by atoms with van der Waals surface area (Å²) >= 11 is 0. The standard InChI is InChI=1S/C24H29N5O2/c1-23(6-7-25,31-14-17-5-3-2-4-16(17)13-26)21(27)29-20-18-8-15-9-19(20)12-24(10-15,11-18)22(28)30/h2-5,15,18-20H,6,8-12,14H2,1H3,(H2,27,29)(H2,28,30). The van der Waals surface area contributed by atoms with Gasteiger partial charge in [-0.3, -0.25) is 9.79 Å². The Kier molecular flexibility index (Phi) is 5.49. The zero-order chi connectivity index (χ0) is 22.2. The van der Waals surface area contributed by atoms with Crippen LogP contribution in [0.25, 0.3) is 0 Å². The minimum absolute atomic E-state index is 0.0389. The number of benzene rings is 1. The molecule has 7 heteroatoms. The molecule has 5 rings (SSSR count). The average Bonchev–Trinajstić information content (AvgIpc) is 2.74. The van der Waals surface area contributed by atoms with Gasteiger partial charge in [-0.1, -0.05) is 18.2 Å². The minimum atomic E-state index is -1.05. The van der Waals surface area contributed by atoms with Crippen molar-refractivity contribution in [2.45, 2.75) is 63.7 Å². The summed E-state index contributed by atoms with van der Waals surface area (Å²) < 4.78 is 6.11. The summed E-state index contributed by atoms with van der Waals surface area (Å²) in [6, 6.07) is 11.6. The van der Waals surface area contributed by atoms with E-state index in [1.54, 1.807) is 19.1 Å². The number of hydrogen-bond acceptors (Lipinski definition) is 5. The van der Waals surface area contributed by atoms with Crippen molar-refractivity contribution in [3.05, 3.63) is 35.4 Å². The van der Waals surface area contributed by atoms with Gasteiger partial charge in [-0.05, 0) is 68.4 Å². The van der Waals surface area contributed by atoms with Crippen molar-refractivity contribution in [3.63, 3.8) is 0 Å². The Bertz CT molecular complexity index is 974. The third kappa shape index (κ3) is 3.79. The largest absolute Gasteiger partial charge is 0.385 e. The average molecular weight is 420 g/mol. The minimum Gasteiger partial charge on any atom is -0.385 e. The number of carbonyl (C=O) groups excluding carboxylic acids is 1. The van der Waals surface area contributed by atoms with Crippen molar-refractivity contribution in [2.75, 3.05) is 0 Å². The number of hydrogen-bond donors (Lipinski definition) is 2. The molecule has 4 bridgehead atoms. The number of amides is 1. The molecule has 1 aromatic carbocycles. The first-order valence-electron chi connectivity index (χ1n) is 10.9. The maximum absolute atomic E-state index is 12.2. The molecule has 3 atom stereocenters. The number of rotatable bonds is 7. The van der Waals surface area contributed by atoms with E-state index in [9.17, 15) is 15.3 Å². The van der Waals surface area contributed by atoms with Crippen LogP contribution in [0.4, 0.5) is 0 Å². The van der Waals surface area contributed by atoms with Crippen molar-refractivity contribution in [3.8, 4) is 12.1 Å². The Morgan fingerprint density at radius 3 is 2.52 bits per heavy atom. The van der Waals surface area contributed by atoms with E-state index in [-0.39, 0.29) is 30.4 Å². The van der Waals surface area contributed by atoms with E-state index in [0.717, 1.165) is 37.7 Å². The molecule has 31 heavy (non-hydrogen) atoms. The van der Waals surface area contributed by atoms with Crippen LogP contribution in [0.5, 0.6) is 0 Å². The van der Waals surface area contributed by atoms with Gasteiger partial charge < -0.3 is 16.2 Å². The molecule has 0 radical (unpaired) electrons. The van der Waals surface area contributed by atoms with E-state index in [1.807, 2.05) is 12.1 Å². The van der Waals surface area contributed by atoms with Crippen LogP contribution in [0.15, 0.2) is 29.3 Å². The van der Waals surface area contributed by atoms with Gasteiger partial charge in [0, 0.05) is 5.41 Å². The fourth-order valence-electron chi connectivity index (χ4n) is 6.17. The third-order valence-electron chi connectivity index (χ3n) is 7.68. The molecule has 162 valence electrons. The predicted octanol–water partition coefficient (Wildman–Crippen LogP) is 2.78. The number of amidine groups is 1. The van der Waals surface area contributed by atoms with Crippen molar-refractivity contribution in [1.29, 1.82) is 10.5 Å². The second-order valence-corrected chi connectivity index (χ2v) is 9.74. The molecule has 0 aromatic heterocycles. The molecular weight excluding hydrogens is 390 g/mol. The lowest BCUT2D eigenvalue weighted by atomic mass is 9.48. The van der Waals surface area contributed by atoms with Gasteiger partial charge >= 0.3 is 0 Å². The maximum atomic E-state index is 12.2. The molecule has 0 aliphatic heterocycles. The Morgan fingerprint density at radius 1 is 1.23 bits per heavy atom. The van der Waals surface area contributed by atoms with Gasteiger partial charge in [-0.15, -0.1) is 0 Å². The summed E-state index contributed by atoms with van der Waals surface area (Å²) in [5.74, 6) is 1.28. The molecule has 4 saturated carbocycles. The van der Waals surface area contributed by atoms with E-state index < -0.39 is 5.60 Å². The van der Waals surface area contributed by atoms with Crippen LogP contribution in [-0.2, 0) is 16.1 Å². The van der Waals surface area contributed by atoms with Gasteiger partial charge in [-0.25, -0.2) is 0 Å². The van der Waals surface area contributed by atoms with Crippen LogP contribution in [-0.4, -0.2) is 23.4 Å². The SMILES string of the molecule is CC(CC#N)(OCc1ccccc1C#N)C(N)=NC1C2CC3CC1CC(C(N)=O)(C3)C2. The molecule has 7 nitrogen and oxygen atoms in total. The van der Waals surface area contributed by atoms with Gasteiger partial charge in [0.1, 0.15) is 11.4 Å². The summed E-state index contributed by atoms with van der Waals surface area (Å²) in [6.07, 6.45) is 4.64. The molecule has 1 aromatic rings. The molecule has 0 spiro atoms. The molecule has 4 aliphatic rings. The summed E-state index contributed by atoms with van der Waals surface area (Å²) in [5, 5.41) is 18.7. The summed E-state index contributed by atoms with van der Waals surface area (Å²) in [7, 11) is 0. The van der Waals surface area contributed by atoms with Crippen molar-refractivity contribution < 1.29 is 9.53 Å². The molecule has 0 saturated heterocycles. The van der Waals surface area contributed by atoms with Gasteiger partial charge in [0.05, 0.1) is 36.8 Å². The Hall–Kier alpha value is -2.90. The van der Waals surface area contributed by atoms with E-state index in [0.29, 0.717) is 29.2 Å². The Morgan fingerprint density at radius 2 is 1.90 bits per heavy atom. The highest BCUT2D eigenvalue weighted by molar-refractivity contribution is 5.89. The van der Waals surface area contributed by atoms with Gasteiger partial charge in [-0.2, -0.15) is 10.5 Å². The predicted molar refractivity (Wildman–Crippen MR) is 115 cm³/mol. The van der Waals surface area contributed by atoms with Crippen LogP contribution in [0.2, 0.25) is 0 Å². The second kappa shape index (κ2) is 7.98. The Labute approximate surface area is 183 Å². The molecular formula is C24H29N5O2. The number of nitrogens with two attached hydrogens (primary N) is 2. The van der Waals surface area contributed by atoms with Crippen molar-refractivity contribution in [2.24, 2.45) is 39.6 Å². The molecule has 3 unspecified atom stereocenters. The topological polar surface area (TPSA) is 138 Å². The monoisotopic (exact) mass is 419 g/mol. The number of ether oxygens (including phenoxy) is 1. The first kappa shape index (κ1) is 21.3. The number of carbonyl (C=O) groups is 1. The fourth-order valence-corrected chi connectivity index (χ4v) is 6.17. The number of aliphatic imine (C=N–C) groups is 1. The summed E-state index contributed by atoms with van der Waals surface area (Å²) in [4.78, 5) is 17.1. The molecule has 4 N–H and O–H groups in total. The number of nitrogens with zero attached hydrogens (tertiary/aromatic N) is 3. The molecule has 1 amide bonds. The lowest BCUT2D eigenvalue weighted by Gasteiger charge is -2.57. The van der Waals surface area contributed by atoms with Crippen LogP contribution in [0.1, 0.15) is 56.6 Å². The Balaban J connectivity index is 1.54. The van der Waals surface area contributed by atoms with Crippen molar-refractivity contribution >= 4 is 11.7 Å². The van der Waals surface area contributed by atoms with Crippen molar-refractivity contribution in [1.82, 2.24) is 0 Å². The van der Waals surface area contributed by atoms with E-state index >= 15 is 0 Å². The van der Waals surface area contributed by atoms with Crippen LogP contribution in [0.3, 0.4) is 0 Å².